The van der Waals surface area contributed by atoms with Crippen molar-refractivity contribution in [2.75, 3.05) is 0 Å². The number of aliphatic hydroxyl groups is 2. The minimum atomic E-state index is -0.677. The summed E-state index contributed by atoms with van der Waals surface area (Å²) in [6, 6.07) is 0. The molecule has 0 spiro atoms. The molecule has 4 aliphatic rings. The van der Waals surface area contributed by atoms with Gasteiger partial charge in [-0.3, -0.25) is 4.79 Å². The summed E-state index contributed by atoms with van der Waals surface area (Å²) in [4.78, 5) is 11.1. The molecule has 0 aromatic rings. The third-order valence-corrected chi connectivity index (χ3v) is 10.2. The zero-order valence-corrected chi connectivity index (χ0v) is 20.1. The Morgan fingerprint density at radius 1 is 1.00 bits per heavy atom. The van der Waals surface area contributed by atoms with Crippen LogP contribution < -0.4 is 0 Å². The van der Waals surface area contributed by atoms with E-state index < -0.39 is 5.97 Å². The molecule has 0 radical (unpaired) electrons. The van der Waals surface area contributed by atoms with E-state index in [0.717, 1.165) is 32.1 Å². The number of hydrogen-bond donors (Lipinski definition) is 3. The molecule has 4 saturated carbocycles. The maximum atomic E-state index is 11.1. The number of carbonyl (C=O) groups is 1. The van der Waals surface area contributed by atoms with Gasteiger partial charge in [-0.2, -0.15) is 0 Å². The van der Waals surface area contributed by atoms with Crippen molar-refractivity contribution in [3.8, 4) is 0 Å². The van der Waals surface area contributed by atoms with Crippen LogP contribution in [0, 0.1) is 46.3 Å². The van der Waals surface area contributed by atoms with Gasteiger partial charge in [0.2, 0.25) is 0 Å². The molecule has 29 heavy (non-hydrogen) atoms. The third-order valence-electron chi connectivity index (χ3n) is 10.2. The van der Waals surface area contributed by atoms with Crippen LogP contribution in [0.4, 0.5) is 0 Å². The van der Waals surface area contributed by atoms with Gasteiger partial charge in [-0.1, -0.05) is 20.8 Å². The maximum Gasteiger partial charge on any atom is 2.00 e. The Morgan fingerprint density at radius 3 is 2.34 bits per heavy atom. The number of rotatable bonds is 4. The first-order chi connectivity index (χ1) is 13.2. The summed E-state index contributed by atoms with van der Waals surface area (Å²) in [7, 11) is 0. The molecule has 4 nitrogen and oxygen atoms in total. The predicted octanol–water partition coefficient (Wildman–Crippen LogP) is 4.32. The number of carboxylic acid groups (broad SMARTS) is 1. The van der Waals surface area contributed by atoms with E-state index in [1.807, 2.05) is 0 Å². The summed E-state index contributed by atoms with van der Waals surface area (Å²) >= 11 is 0. The molecule has 4 rings (SSSR count). The van der Waals surface area contributed by atoms with Gasteiger partial charge >= 0.3 is 29.0 Å². The number of carboxylic acids is 1. The monoisotopic (exact) mass is 418 g/mol. The number of aliphatic carboxylic acids is 1. The van der Waals surface area contributed by atoms with Gasteiger partial charge in [0.05, 0.1) is 12.2 Å². The Hall–Kier alpha value is 0.156. The van der Waals surface area contributed by atoms with Gasteiger partial charge in [0.1, 0.15) is 0 Å². The smallest absolute Gasteiger partial charge is 1.00 e. The van der Waals surface area contributed by atoms with Gasteiger partial charge in [-0.25, -0.2) is 0 Å². The number of hydrogen-bond acceptors (Lipinski definition) is 3. The third kappa shape index (κ3) is 3.91. The van der Waals surface area contributed by atoms with Gasteiger partial charge in [0, 0.05) is 6.42 Å². The Balaban J connectivity index is 0.00000160. The molecule has 0 aliphatic heterocycles. The molecular formula is C24H42MgO4. The Morgan fingerprint density at radius 2 is 1.66 bits per heavy atom. The standard InChI is InChI=1S/C24H40O4.Mg.2H/c1-14(4-7-22(27)28)17-5-6-18-16-13-21(26)20-12-15(25)8-10-24(20,3)19(16)9-11-23(17,18)2;;;/h14-21,25-26H,4-13H2,1-3H3,(H,27,28);;;/q;+2;2*-1/t14-,15-,16+,17-,18+,19+,20+,21+,23-,24-;;;/m1.../s1. The zero-order valence-electron chi connectivity index (χ0n) is 20.6. The van der Waals surface area contributed by atoms with Crippen molar-refractivity contribution >= 4 is 29.0 Å². The summed E-state index contributed by atoms with van der Waals surface area (Å²) < 4.78 is 0. The van der Waals surface area contributed by atoms with Crippen LogP contribution in [0.2, 0.25) is 0 Å². The fourth-order valence-electron chi connectivity index (χ4n) is 8.81. The first-order valence-electron chi connectivity index (χ1n) is 11.7. The van der Waals surface area contributed by atoms with Gasteiger partial charge in [0.25, 0.3) is 0 Å². The van der Waals surface area contributed by atoms with E-state index in [-0.39, 0.29) is 55.9 Å². The first-order valence-corrected chi connectivity index (χ1v) is 11.7. The van der Waals surface area contributed by atoms with Gasteiger partial charge in [0.15, 0.2) is 0 Å². The van der Waals surface area contributed by atoms with Gasteiger partial charge in [-0.05, 0) is 104 Å². The summed E-state index contributed by atoms with van der Waals surface area (Å²) in [6.07, 6.45) is 9.16. The second kappa shape index (κ2) is 8.59. The van der Waals surface area contributed by atoms with E-state index in [1.54, 1.807) is 0 Å². The summed E-state index contributed by atoms with van der Waals surface area (Å²) in [6.45, 7) is 7.16. The van der Waals surface area contributed by atoms with Crippen LogP contribution in [0.3, 0.4) is 0 Å². The fourth-order valence-corrected chi connectivity index (χ4v) is 8.81. The summed E-state index contributed by atoms with van der Waals surface area (Å²) in [5.41, 5.74) is 0.478. The second-order valence-corrected chi connectivity index (χ2v) is 11.4. The molecule has 5 heteroatoms. The Bertz CT molecular complexity index is 622. The van der Waals surface area contributed by atoms with Crippen molar-refractivity contribution in [3.63, 3.8) is 0 Å². The molecule has 4 fully saturated rings. The molecule has 0 heterocycles. The SMILES string of the molecule is C[C@H](CCC(=O)O)[C@H]1CC[C@H]2[C@@H]3C[C@H](O)[C@@H]4C[C@H](O)CC[C@]4(C)[C@H]3CC[C@]12C.[H-].[H-].[Mg+2]. The van der Waals surface area contributed by atoms with Crippen molar-refractivity contribution in [3.05, 3.63) is 0 Å². The van der Waals surface area contributed by atoms with Gasteiger partial charge < -0.3 is 18.2 Å². The van der Waals surface area contributed by atoms with E-state index in [0.29, 0.717) is 35.0 Å². The van der Waals surface area contributed by atoms with E-state index in [9.17, 15) is 15.0 Å². The summed E-state index contributed by atoms with van der Waals surface area (Å²) in [5.74, 6) is 2.61. The molecule has 0 aromatic heterocycles. The molecular weight excluding hydrogens is 377 g/mol. The Kier molecular flexibility index (Phi) is 7.06. The number of aliphatic hydroxyl groups excluding tert-OH is 2. The largest absolute Gasteiger partial charge is 2.00 e. The maximum absolute atomic E-state index is 11.1. The topological polar surface area (TPSA) is 77.8 Å². The van der Waals surface area contributed by atoms with E-state index in [1.165, 1.54) is 25.7 Å². The summed E-state index contributed by atoms with van der Waals surface area (Å²) in [5, 5.41) is 30.4. The number of fused-ring (bicyclic) bond motifs is 5. The molecule has 0 unspecified atom stereocenters. The van der Waals surface area contributed by atoms with Crippen LogP contribution in [0.25, 0.3) is 0 Å². The van der Waals surface area contributed by atoms with Crippen LogP contribution in [-0.4, -0.2) is 56.5 Å². The molecule has 0 aromatic carbocycles. The van der Waals surface area contributed by atoms with E-state index >= 15 is 0 Å². The first kappa shape index (κ1) is 23.8. The van der Waals surface area contributed by atoms with Crippen LogP contribution in [-0.2, 0) is 4.79 Å². The minimum Gasteiger partial charge on any atom is -1.00 e. The zero-order chi connectivity index (χ0) is 20.3. The van der Waals surface area contributed by atoms with Crippen molar-refractivity contribution in [2.45, 2.75) is 97.2 Å². The second-order valence-electron chi connectivity index (χ2n) is 11.4. The van der Waals surface area contributed by atoms with Crippen molar-refractivity contribution in [1.82, 2.24) is 0 Å². The van der Waals surface area contributed by atoms with Crippen molar-refractivity contribution in [1.29, 1.82) is 0 Å². The molecule has 164 valence electrons. The molecule has 0 bridgehead atoms. The normalized spacial score (nSPS) is 49.9. The van der Waals surface area contributed by atoms with Crippen LogP contribution in [0.15, 0.2) is 0 Å². The van der Waals surface area contributed by atoms with E-state index in [2.05, 4.69) is 20.8 Å². The molecule has 0 saturated heterocycles. The molecule has 3 N–H and O–H groups in total. The van der Waals surface area contributed by atoms with E-state index in [4.69, 9.17) is 5.11 Å². The fraction of sp³-hybridized carbons (Fsp3) is 0.958. The average Bonchev–Trinajstić information content (AvgIpc) is 2.99. The van der Waals surface area contributed by atoms with Crippen LogP contribution in [0.5, 0.6) is 0 Å². The van der Waals surface area contributed by atoms with Crippen molar-refractivity contribution in [2.24, 2.45) is 46.3 Å². The van der Waals surface area contributed by atoms with Crippen LogP contribution in [0.1, 0.15) is 87.8 Å². The quantitative estimate of drug-likeness (QED) is 0.594. The molecule has 10 atom stereocenters. The van der Waals surface area contributed by atoms with Crippen LogP contribution >= 0.6 is 0 Å². The Labute approximate surface area is 195 Å². The molecule has 4 aliphatic carbocycles. The van der Waals surface area contributed by atoms with Gasteiger partial charge in [-0.15, -0.1) is 0 Å². The average molecular weight is 419 g/mol. The van der Waals surface area contributed by atoms with Crippen molar-refractivity contribution < 1.29 is 23.0 Å². The predicted molar refractivity (Wildman–Crippen MR) is 117 cm³/mol. The minimum absolute atomic E-state index is 0. The molecule has 0 amide bonds.